The number of rotatable bonds is 10. The van der Waals surface area contributed by atoms with Crippen molar-refractivity contribution >= 4 is 50.2 Å². The molecule has 66 heavy (non-hydrogen) atoms. The van der Waals surface area contributed by atoms with Gasteiger partial charge < -0.3 is 24.4 Å². The molecule has 0 amide bonds. The summed E-state index contributed by atoms with van der Waals surface area (Å²) in [7, 11) is 0. The first-order valence-electron chi connectivity index (χ1n) is 22.9. The summed E-state index contributed by atoms with van der Waals surface area (Å²) in [5, 5.41) is 6.31. The van der Waals surface area contributed by atoms with Crippen LogP contribution in [0.3, 0.4) is 0 Å². The average Bonchev–Trinajstić information content (AvgIpc) is 3.90. The molecule has 5 heteroatoms. The van der Waals surface area contributed by atoms with Crippen LogP contribution in [0.5, 0.6) is 11.5 Å². The summed E-state index contributed by atoms with van der Waals surface area (Å²) in [4.78, 5) is 4.87. The Morgan fingerprint density at radius 3 is 1.77 bits per heavy atom. The number of anilines is 5. The van der Waals surface area contributed by atoms with Gasteiger partial charge in [-0.3, -0.25) is 0 Å². The van der Waals surface area contributed by atoms with E-state index in [0.717, 1.165) is 45.3 Å². The molecule has 0 saturated carbocycles. The lowest BCUT2D eigenvalue weighted by Gasteiger charge is -2.27. The Kier molecular flexibility index (Phi) is 10.4. The quantitative estimate of drug-likeness (QED) is 0.149. The molecule has 0 bridgehead atoms. The van der Waals surface area contributed by atoms with Gasteiger partial charge in [-0.2, -0.15) is 0 Å². The van der Waals surface area contributed by atoms with Crippen LogP contribution in [0, 0.1) is 6.92 Å². The molecule has 0 fully saturated rings. The van der Waals surface area contributed by atoms with Crippen LogP contribution in [0.15, 0.2) is 218 Å². The topological polar surface area (TPSA) is 32.7 Å². The lowest BCUT2D eigenvalue weighted by atomic mass is 9.86. The third-order valence-corrected chi connectivity index (χ3v) is 13.0. The zero-order valence-corrected chi connectivity index (χ0v) is 37.8. The smallest absolute Gasteiger partial charge is 0.130 e. The van der Waals surface area contributed by atoms with Crippen LogP contribution < -0.4 is 19.9 Å². The largest absolute Gasteiger partial charge is 0.457 e. The SMILES string of the molecule is Cc1ccc(NC(c2ccc(C(C)(C)C)cc2)n2c3ccccc3c3ccc(Oc4cccc(N5CN(c6c(-c7ccccc7)cccc6-c6ccccc6)c6ccccc65)c4)cc32)cc1. The number of nitrogens with zero attached hydrogens (tertiary/aromatic N) is 3. The van der Waals surface area contributed by atoms with Crippen molar-refractivity contribution < 1.29 is 4.74 Å². The fourth-order valence-corrected chi connectivity index (χ4v) is 9.60. The Balaban J connectivity index is 0.974. The number of nitrogens with one attached hydrogen (secondary N) is 1. The highest BCUT2D eigenvalue weighted by atomic mass is 16.5. The normalized spacial score (nSPS) is 13.0. The van der Waals surface area contributed by atoms with E-state index in [2.05, 4.69) is 266 Å². The van der Waals surface area contributed by atoms with Crippen LogP contribution in [0.4, 0.5) is 28.4 Å². The molecule has 322 valence electrons. The molecule has 9 aromatic carbocycles. The summed E-state index contributed by atoms with van der Waals surface area (Å²) in [6, 6.07) is 78.4. The fraction of sp³-hybridized carbons (Fsp3) is 0.115. The fourth-order valence-electron chi connectivity index (χ4n) is 9.60. The monoisotopic (exact) mass is 856 g/mol. The van der Waals surface area contributed by atoms with Crippen LogP contribution in [-0.2, 0) is 5.41 Å². The Morgan fingerprint density at radius 2 is 1.09 bits per heavy atom. The Labute approximate surface area is 387 Å². The summed E-state index contributed by atoms with van der Waals surface area (Å²) in [6.45, 7) is 9.55. The highest BCUT2D eigenvalue weighted by molar-refractivity contribution is 6.09. The van der Waals surface area contributed by atoms with Gasteiger partial charge in [-0.1, -0.05) is 178 Å². The third kappa shape index (κ3) is 7.62. The second-order valence-electron chi connectivity index (χ2n) is 18.4. The lowest BCUT2D eigenvalue weighted by Crippen LogP contribution is -2.24. The van der Waals surface area contributed by atoms with Crippen molar-refractivity contribution in [1.82, 2.24) is 4.57 Å². The zero-order valence-electron chi connectivity index (χ0n) is 37.8. The van der Waals surface area contributed by atoms with E-state index in [-0.39, 0.29) is 11.6 Å². The van der Waals surface area contributed by atoms with Gasteiger partial charge in [-0.15, -0.1) is 0 Å². The maximum atomic E-state index is 6.89. The molecule has 10 aromatic rings. The molecule has 1 aromatic heterocycles. The average molecular weight is 857 g/mol. The molecule has 0 radical (unpaired) electrons. The third-order valence-electron chi connectivity index (χ3n) is 13.0. The number of hydrogen-bond donors (Lipinski definition) is 1. The molecule has 2 heterocycles. The minimum atomic E-state index is -0.199. The molecule has 1 atom stereocenters. The van der Waals surface area contributed by atoms with Crippen molar-refractivity contribution in [3.63, 3.8) is 0 Å². The summed E-state index contributed by atoms with van der Waals surface area (Å²) >= 11 is 0. The molecule has 1 N–H and O–H groups in total. The van der Waals surface area contributed by atoms with Crippen molar-refractivity contribution in [2.24, 2.45) is 0 Å². The standard InChI is InChI=1S/C61H52N4O/c1-42-29-35-47(36-30-42)62-60(45-31-33-46(34-32-45)61(2,3)4)65-55-26-12-11-23-53(55)54-38-37-50(40-58(54)65)66-49-22-15-21-48(39-49)63-41-64(57-28-14-13-27-56(57)63)59-51(43-17-7-5-8-18-43)24-16-25-52(59)44-19-9-6-10-20-44/h5-40,60,62H,41H2,1-4H3. The van der Waals surface area contributed by atoms with Crippen LogP contribution in [0.25, 0.3) is 44.1 Å². The van der Waals surface area contributed by atoms with Crippen LogP contribution in [0.1, 0.15) is 43.6 Å². The van der Waals surface area contributed by atoms with Gasteiger partial charge in [0, 0.05) is 45.4 Å². The Bertz CT molecular complexity index is 3270. The number of aryl methyl sites for hydroxylation is 1. The van der Waals surface area contributed by atoms with E-state index in [1.807, 2.05) is 0 Å². The predicted octanol–water partition coefficient (Wildman–Crippen LogP) is 16.4. The van der Waals surface area contributed by atoms with E-state index >= 15 is 0 Å². The molecule has 0 aliphatic carbocycles. The second kappa shape index (κ2) is 16.8. The minimum Gasteiger partial charge on any atom is -0.457 e. The van der Waals surface area contributed by atoms with E-state index in [4.69, 9.17) is 4.74 Å². The summed E-state index contributed by atoms with van der Waals surface area (Å²) in [6.07, 6.45) is -0.199. The van der Waals surface area contributed by atoms with Crippen molar-refractivity contribution in [3.05, 3.63) is 235 Å². The van der Waals surface area contributed by atoms with Crippen molar-refractivity contribution in [1.29, 1.82) is 0 Å². The van der Waals surface area contributed by atoms with Crippen molar-refractivity contribution in [3.8, 4) is 33.8 Å². The number of benzene rings is 9. The molecule has 0 spiro atoms. The number of fused-ring (bicyclic) bond motifs is 4. The van der Waals surface area contributed by atoms with Crippen LogP contribution >= 0.6 is 0 Å². The first-order valence-corrected chi connectivity index (χ1v) is 22.9. The van der Waals surface area contributed by atoms with E-state index < -0.39 is 0 Å². The first kappa shape index (κ1) is 40.7. The lowest BCUT2D eigenvalue weighted by molar-refractivity contribution is 0.483. The summed E-state index contributed by atoms with van der Waals surface area (Å²) in [5.41, 5.74) is 16.3. The van der Waals surface area contributed by atoms with Crippen LogP contribution in [-0.4, -0.2) is 11.2 Å². The maximum absolute atomic E-state index is 6.89. The van der Waals surface area contributed by atoms with Crippen molar-refractivity contribution in [2.75, 3.05) is 21.8 Å². The van der Waals surface area contributed by atoms with Gasteiger partial charge in [0.2, 0.25) is 0 Å². The minimum absolute atomic E-state index is 0.0477. The molecular weight excluding hydrogens is 805 g/mol. The van der Waals surface area contributed by atoms with E-state index in [1.54, 1.807) is 0 Å². The first-order chi connectivity index (χ1) is 32.3. The van der Waals surface area contributed by atoms with E-state index in [0.29, 0.717) is 6.67 Å². The number of ether oxygens (including phenoxy) is 1. The predicted molar refractivity (Wildman–Crippen MR) is 277 cm³/mol. The molecule has 1 unspecified atom stereocenters. The summed E-state index contributed by atoms with van der Waals surface area (Å²) in [5.74, 6) is 1.54. The number of hydrogen-bond acceptors (Lipinski definition) is 4. The molecular formula is C61H52N4O. The van der Waals surface area contributed by atoms with E-state index in [1.165, 1.54) is 55.4 Å². The van der Waals surface area contributed by atoms with Gasteiger partial charge in [0.1, 0.15) is 24.3 Å². The molecule has 1 aliphatic rings. The van der Waals surface area contributed by atoms with Gasteiger partial charge in [0.25, 0.3) is 0 Å². The maximum Gasteiger partial charge on any atom is 0.130 e. The second-order valence-corrected chi connectivity index (χ2v) is 18.4. The van der Waals surface area contributed by atoms with Gasteiger partial charge in [0.05, 0.1) is 28.1 Å². The van der Waals surface area contributed by atoms with Crippen molar-refractivity contribution in [2.45, 2.75) is 39.3 Å². The van der Waals surface area contributed by atoms with Gasteiger partial charge in [-0.25, -0.2) is 0 Å². The zero-order chi connectivity index (χ0) is 44.8. The number of aromatic nitrogens is 1. The number of para-hydroxylation sites is 4. The Hall–Kier alpha value is -8.02. The van der Waals surface area contributed by atoms with Gasteiger partial charge in [-0.05, 0) is 89.2 Å². The molecule has 11 rings (SSSR count). The Morgan fingerprint density at radius 1 is 0.500 bits per heavy atom. The van der Waals surface area contributed by atoms with E-state index in [9.17, 15) is 0 Å². The molecule has 5 nitrogen and oxygen atoms in total. The highest BCUT2D eigenvalue weighted by Crippen LogP contribution is 2.50. The van der Waals surface area contributed by atoms with Gasteiger partial charge >= 0.3 is 0 Å². The van der Waals surface area contributed by atoms with Crippen LogP contribution in [0.2, 0.25) is 0 Å². The summed E-state index contributed by atoms with van der Waals surface area (Å²) < 4.78 is 9.32. The molecule has 0 saturated heterocycles. The molecule has 1 aliphatic heterocycles. The van der Waals surface area contributed by atoms with Gasteiger partial charge in [0.15, 0.2) is 0 Å². The highest BCUT2D eigenvalue weighted by Gasteiger charge is 2.31.